The van der Waals surface area contributed by atoms with E-state index in [-0.39, 0.29) is 0 Å². The van der Waals surface area contributed by atoms with Crippen molar-refractivity contribution < 1.29 is 14.3 Å². The van der Waals surface area contributed by atoms with Crippen molar-refractivity contribution in [2.75, 3.05) is 24.8 Å². The van der Waals surface area contributed by atoms with Gasteiger partial charge >= 0.3 is 11.9 Å². The summed E-state index contributed by atoms with van der Waals surface area (Å²) in [5, 5.41) is 0. The molecule has 4 nitrogen and oxygen atoms in total. The van der Waals surface area contributed by atoms with Gasteiger partial charge in [0.15, 0.2) is 0 Å². The van der Waals surface area contributed by atoms with Gasteiger partial charge in [0.1, 0.15) is 0 Å². The van der Waals surface area contributed by atoms with Crippen LogP contribution in [-0.2, 0) is 14.3 Å². The first-order chi connectivity index (χ1) is 8.10. The van der Waals surface area contributed by atoms with Crippen LogP contribution in [0.2, 0.25) is 0 Å². The maximum absolute atomic E-state index is 11.5. The van der Waals surface area contributed by atoms with Gasteiger partial charge in [-0.3, -0.25) is 4.79 Å². The second kappa shape index (κ2) is 6.30. The molecular weight excluding hydrogens is 238 g/mol. The Morgan fingerprint density at radius 3 is 2.35 bits per heavy atom. The minimum Gasteiger partial charge on any atom is -0.462 e. The molecule has 0 aliphatic heterocycles. The third kappa shape index (κ3) is 3.49. The topological polar surface area (TPSA) is 46.6 Å². The lowest BCUT2D eigenvalue weighted by Gasteiger charge is -2.15. The van der Waals surface area contributed by atoms with Gasteiger partial charge in [0.05, 0.1) is 7.11 Å². The Bertz CT molecular complexity index is 403. The fourth-order valence-corrected chi connectivity index (χ4v) is 1.94. The third-order valence-corrected chi connectivity index (χ3v) is 3.09. The van der Waals surface area contributed by atoms with Crippen LogP contribution in [0.3, 0.4) is 0 Å². The molecule has 0 unspecified atom stereocenters. The van der Waals surface area contributed by atoms with Crippen molar-refractivity contribution in [1.82, 2.24) is 0 Å². The summed E-state index contributed by atoms with van der Waals surface area (Å²) in [6.45, 7) is 2.07. The number of anilines is 1. The van der Waals surface area contributed by atoms with E-state index < -0.39 is 11.9 Å². The fraction of sp³-hybridized carbons (Fsp3) is 0.333. The van der Waals surface area contributed by atoms with Crippen LogP contribution in [-0.4, -0.2) is 31.8 Å². The van der Waals surface area contributed by atoms with Gasteiger partial charge in [-0.25, -0.2) is 4.79 Å². The quantitative estimate of drug-likeness (QED) is 0.469. The number of rotatable bonds is 3. The molecule has 92 valence electrons. The molecular formula is C12H15NO3S. The van der Waals surface area contributed by atoms with Gasteiger partial charge < -0.3 is 9.64 Å². The highest BCUT2D eigenvalue weighted by Crippen LogP contribution is 2.21. The van der Waals surface area contributed by atoms with Gasteiger partial charge in [-0.05, 0) is 30.0 Å². The maximum Gasteiger partial charge on any atom is 0.397 e. The van der Waals surface area contributed by atoms with E-state index in [1.54, 1.807) is 30.9 Å². The molecule has 0 N–H and O–H groups in total. The molecule has 0 bridgehead atoms. The molecule has 0 radical (unpaired) electrons. The predicted octanol–water partition coefficient (Wildman–Crippen LogP) is 1.93. The summed E-state index contributed by atoms with van der Waals surface area (Å²) in [5.74, 6) is -0.543. The summed E-state index contributed by atoms with van der Waals surface area (Å²) in [5.41, 5.74) is 0.667. The molecule has 1 aromatic carbocycles. The van der Waals surface area contributed by atoms with Crippen molar-refractivity contribution in [3.05, 3.63) is 24.3 Å². The Morgan fingerprint density at radius 2 is 1.88 bits per heavy atom. The first-order valence-electron chi connectivity index (χ1n) is 5.19. The molecule has 17 heavy (non-hydrogen) atoms. The van der Waals surface area contributed by atoms with E-state index in [1.807, 2.05) is 12.1 Å². The highest BCUT2D eigenvalue weighted by atomic mass is 32.2. The predicted molar refractivity (Wildman–Crippen MR) is 68.3 cm³/mol. The van der Waals surface area contributed by atoms with Crippen molar-refractivity contribution in [1.29, 1.82) is 0 Å². The Labute approximate surface area is 105 Å². The first-order valence-corrected chi connectivity index (χ1v) is 6.17. The normalized spacial score (nSPS) is 9.82. The lowest BCUT2D eigenvalue weighted by Crippen LogP contribution is -2.33. The second-order valence-electron chi connectivity index (χ2n) is 3.28. The summed E-state index contributed by atoms with van der Waals surface area (Å²) in [7, 11) is 2.73. The molecule has 0 saturated carbocycles. The molecule has 1 aromatic rings. The highest BCUT2D eigenvalue weighted by molar-refractivity contribution is 7.99. The first kappa shape index (κ1) is 13.6. The van der Waals surface area contributed by atoms with Gasteiger partial charge in [0.25, 0.3) is 0 Å². The number of benzene rings is 1. The third-order valence-electron chi connectivity index (χ3n) is 2.20. The number of amides is 1. The van der Waals surface area contributed by atoms with E-state index in [0.717, 1.165) is 10.6 Å². The number of carbonyl (C=O) groups excluding carboxylic acids is 2. The van der Waals surface area contributed by atoms with E-state index in [0.29, 0.717) is 5.69 Å². The van der Waals surface area contributed by atoms with E-state index in [4.69, 9.17) is 0 Å². The molecule has 0 heterocycles. The Morgan fingerprint density at radius 1 is 1.29 bits per heavy atom. The number of methoxy groups -OCH3 is 1. The minimum atomic E-state index is -0.862. The van der Waals surface area contributed by atoms with Gasteiger partial charge in [0, 0.05) is 17.6 Å². The summed E-state index contributed by atoms with van der Waals surface area (Å²) in [6, 6.07) is 7.45. The Kier molecular flexibility index (Phi) is 5.03. The smallest absolute Gasteiger partial charge is 0.397 e. The average Bonchev–Trinajstić information content (AvgIpc) is 2.37. The number of carbonyl (C=O) groups is 2. The average molecular weight is 253 g/mol. The van der Waals surface area contributed by atoms with Crippen LogP contribution < -0.4 is 4.90 Å². The largest absolute Gasteiger partial charge is 0.462 e. The Balaban J connectivity index is 2.79. The molecule has 0 fully saturated rings. The van der Waals surface area contributed by atoms with Crippen LogP contribution in [0.4, 0.5) is 5.69 Å². The van der Waals surface area contributed by atoms with Crippen molar-refractivity contribution in [3.63, 3.8) is 0 Å². The van der Waals surface area contributed by atoms with Crippen molar-refractivity contribution in [3.8, 4) is 0 Å². The van der Waals surface area contributed by atoms with Gasteiger partial charge in [0.2, 0.25) is 0 Å². The zero-order valence-corrected chi connectivity index (χ0v) is 10.9. The summed E-state index contributed by atoms with van der Waals surface area (Å²) in [6.07, 6.45) is 0. The number of ether oxygens (including phenoxy) is 1. The molecule has 5 heteroatoms. The lowest BCUT2D eigenvalue weighted by molar-refractivity contribution is -0.151. The van der Waals surface area contributed by atoms with Gasteiger partial charge in [-0.15, -0.1) is 11.8 Å². The summed E-state index contributed by atoms with van der Waals surface area (Å²) in [4.78, 5) is 25.0. The molecule has 1 rings (SSSR count). The Hall–Kier alpha value is -1.49. The number of hydrogen-bond acceptors (Lipinski definition) is 4. The molecule has 1 amide bonds. The number of hydrogen-bond donors (Lipinski definition) is 0. The molecule has 0 aliphatic carbocycles. The molecule has 0 aliphatic rings. The van der Waals surface area contributed by atoms with Crippen LogP contribution in [0.15, 0.2) is 29.2 Å². The maximum atomic E-state index is 11.5. The molecule has 0 saturated heterocycles. The van der Waals surface area contributed by atoms with Gasteiger partial charge in [-0.2, -0.15) is 0 Å². The zero-order valence-electron chi connectivity index (χ0n) is 10.1. The number of esters is 1. The number of likely N-dealkylation sites (N-methyl/N-ethyl adjacent to an activating group) is 1. The number of thioether (sulfide) groups is 1. The second-order valence-corrected chi connectivity index (χ2v) is 4.62. The van der Waals surface area contributed by atoms with E-state index in [2.05, 4.69) is 11.7 Å². The van der Waals surface area contributed by atoms with Crippen molar-refractivity contribution >= 4 is 29.3 Å². The minimum absolute atomic E-state index is 0.667. The van der Waals surface area contributed by atoms with Crippen LogP contribution in [0.1, 0.15) is 6.92 Å². The van der Waals surface area contributed by atoms with Crippen molar-refractivity contribution in [2.24, 2.45) is 0 Å². The molecule has 0 atom stereocenters. The van der Waals surface area contributed by atoms with E-state index in [9.17, 15) is 9.59 Å². The standard InChI is InChI=1S/C12H15NO3S/c1-4-17-10-7-5-9(6-8-10)13(2)11(14)12(15)16-3/h5-8H,4H2,1-3H3. The number of nitrogens with zero attached hydrogens (tertiary/aromatic N) is 1. The molecule has 0 aromatic heterocycles. The van der Waals surface area contributed by atoms with Crippen molar-refractivity contribution in [2.45, 2.75) is 11.8 Å². The highest BCUT2D eigenvalue weighted by Gasteiger charge is 2.20. The zero-order chi connectivity index (χ0) is 12.8. The monoisotopic (exact) mass is 253 g/mol. The van der Waals surface area contributed by atoms with Crippen LogP contribution >= 0.6 is 11.8 Å². The van der Waals surface area contributed by atoms with Gasteiger partial charge in [-0.1, -0.05) is 6.92 Å². The van der Waals surface area contributed by atoms with Crippen LogP contribution in [0, 0.1) is 0 Å². The van der Waals surface area contributed by atoms with E-state index >= 15 is 0 Å². The summed E-state index contributed by atoms with van der Waals surface area (Å²) < 4.78 is 4.38. The van der Waals surface area contributed by atoms with E-state index in [1.165, 1.54) is 12.0 Å². The fourth-order valence-electron chi connectivity index (χ4n) is 1.27. The molecule has 0 spiro atoms. The van der Waals surface area contributed by atoms with Crippen LogP contribution in [0.5, 0.6) is 0 Å². The lowest BCUT2D eigenvalue weighted by atomic mass is 10.3. The summed E-state index contributed by atoms with van der Waals surface area (Å²) >= 11 is 1.72. The van der Waals surface area contributed by atoms with Crippen LogP contribution in [0.25, 0.3) is 0 Å². The SMILES string of the molecule is CCSc1ccc(N(C)C(=O)C(=O)OC)cc1.